The lowest BCUT2D eigenvalue weighted by molar-refractivity contribution is 1.08. The first-order chi connectivity index (χ1) is 24.3. The molecule has 4 heteroatoms. The Morgan fingerprint density at radius 2 is 0.918 bits per heavy atom. The summed E-state index contributed by atoms with van der Waals surface area (Å²) in [5, 5.41) is 9.50. The van der Waals surface area contributed by atoms with Gasteiger partial charge >= 0.3 is 0 Å². The van der Waals surface area contributed by atoms with Gasteiger partial charge in [0.25, 0.3) is 0 Å². The third-order valence-electron chi connectivity index (χ3n) is 9.51. The third-order valence-corrected chi connectivity index (χ3v) is 10.6. The molecule has 0 atom stereocenters. The zero-order valence-corrected chi connectivity index (χ0v) is 27.2. The Kier molecular flexibility index (Phi) is 6.36. The lowest BCUT2D eigenvalue weighted by Crippen LogP contribution is -2.01. The number of hydrogen-bond acceptors (Lipinski definition) is 4. The van der Waals surface area contributed by atoms with E-state index in [-0.39, 0.29) is 0 Å². The zero-order chi connectivity index (χ0) is 32.3. The van der Waals surface area contributed by atoms with Crippen LogP contribution in [-0.2, 0) is 0 Å². The maximum Gasteiger partial charge on any atom is 0.164 e. The van der Waals surface area contributed by atoms with E-state index in [1.165, 1.54) is 30.9 Å². The van der Waals surface area contributed by atoms with Crippen LogP contribution >= 0.6 is 11.3 Å². The van der Waals surface area contributed by atoms with Crippen LogP contribution in [0.25, 0.3) is 97.8 Å². The van der Waals surface area contributed by atoms with Crippen LogP contribution in [0.4, 0.5) is 0 Å². The lowest BCUT2D eigenvalue weighted by Gasteiger charge is -2.14. The minimum absolute atomic E-state index is 0.656. The second kappa shape index (κ2) is 11.2. The summed E-state index contributed by atoms with van der Waals surface area (Å²) in [6.45, 7) is 0. The van der Waals surface area contributed by atoms with Crippen LogP contribution in [0.3, 0.4) is 0 Å². The summed E-state index contributed by atoms with van der Waals surface area (Å²) in [4.78, 5) is 15.7. The van der Waals surface area contributed by atoms with Crippen LogP contribution in [0.5, 0.6) is 0 Å². The van der Waals surface area contributed by atoms with Gasteiger partial charge in [-0.2, -0.15) is 0 Å². The van der Waals surface area contributed by atoms with E-state index in [1.54, 1.807) is 11.3 Å². The molecule has 2 aromatic heterocycles. The van der Waals surface area contributed by atoms with Crippen molar-refractivity contribution in [3.63, 3.8) is 0 Å². The van der Waals surface area contributed by atoms with Crippen molar-refractivity contribution in [2.75, 3.05) is 0 Å². The summed E-state index contributed by atoms with van der Waals surface area (Å²) < 4.78 is 2.50. The number of fused-ring (bicyclic) bond motifs is 6. The van der Waals surface area contributed by atoms with Crippen molar-refractivity contribution in [3.8, 4) is 45.3 Å². The maximum absolute atomic E-state index is 5.26. The normalized spacial score (nSPS) is 11.7. The Morgan fingerprint density at radius 1 is 0.327 bits per heavy atom. The minimum atomic E-state index is 0.656. The molecule has 228 valence electrons. The van der Waals surface area contributed by atoms with Crippen molar-refractivity contribution in [1.29, 1.82) is 0 Å². The van der Waals surface area contributed by atoms with Crippen LogP contribution in [0.2, 0.25) is 0 Å². The van der Waals surface area contributed by atoms with Crippen LogP contribution in [0.15, 0.2) is 164 Å². The number of rotatable bonds is 4. The predicted octanol–water partition coefficient (Wildman–Crippen LogP) is 12.4. The first-order valence-corrected chi connectivity index (χ1v) is 17.3. The second-order valence-electron chi connectivity index (χ2n) is 12.4. The van der Waals surface area contributed by atoms with E-state index in [0.717, 1.165) is 49.4 Å². The van der Waals surface area contributed by atoms with Crippen molar-refractivity contribution in [1.82, 2.24) is 15.0 Å². The molecule has 0 amide bonds. The average molecular weight is 642 g/mol. The van der Waals surface area contributed by atoms with E-state index in [0.29, 0.717) is 17.5 Å². The van der Waals surface area contributed by atoms with Gasteiger partial charge in [0.05, 0.1) is 0 Å². The monoisotopic (exact) mass is 641 g/mol. The van der Waals surface area contributed by atoms with E-state index in [4.69, 9.17) is 15.0 Å². The van der Waals surface area contributed by atoms with Crippen molar-refractivity contribution in [2.45, 2.75) is 0 Å². The molecular weight excluding hydrogens is 615 g/mol. The number of hydrogen-bond donors (Lipinski definition) is 0. The van der Waals surface area contributed by atoms with Gasteiger partial charge in [-0.1, -0.05) is 146 Å². The molecule has 0 unspecified atom stereocenters. The van der Waals surface area contributed by atoms with Crippen molar-refractivity contribution in [2.24, 2.45) is 0 Å². The summed E-state index contributed by atoms with van der Waals surface area (Å²) in [6, 6.07) is 58.1. The largest absolute Gasteiger partial charge is 0.208 e. The SMILES string of the molecule is c1ccc2cc(-c3cccc4cccc(-c5nc(-c6ccc7c(c6)sc6ccccc67)nc(-c6cccc7ccccc67)n5)c34)ccc2c1. The summed E-state index contributed by atoms with van der Waals surface area (Å²) >= 11 is 1.80. The highest BCUT2D eigenvalue weighted by Gasteiger charge is 2.18. The molecule has 10 aromatic rings. The summed E-state index contributed by atoms with van der Waals surface area (Å²) in [5.41, 5.74) is 5.25. The predicted molar refractivity (Wildman–Crippen MR) is 207 cm³/mol. The molecule has 0 saturated heterocycles. The molecule has 10 rings (SSSR count). The van der Waals surface area contributed by atoms with E-state index in [2.05, 4.69) is 164 Å². The summed E-state index contributed by atoms with van der Waals surface area (Å²) in [6.07, 6.45) is 0. The second-order valence-corrected chi connectivity index (χ2v) is 13.5. The molecule has 0 N–H and O–H groups in total. The molecule has 3 nitrogen and oxygen atoms in total. The molecule has 0 fully saturated rings. The molecule has 0 spiro atoms. The molecule has 49 heavy (non-hydrogen) atoms. The fraction of sp³-hybridized carbons (Fsp3) is 0. The summed E-state index contributed by atoms with van der Waals surface area (Å²) in [7, 11) is 0. The van der Waals surface area contributed by atoms with Crippen molar-refractivity contribution < 1.29 is 0 Å². The smallest absolute Gasteiger partial charge is 0.164 e. The molecule has 2 heterocycles. The highest BCUT2D eigenvalue weighted by atomic mass is 32.1. The van der Waals surface area contributed by atoms with Crippen molar-refractivity contribution in [3.05, 3.63) is 164 Å². The van der Waals surface area contributed by atoms with Crippen LogP contribution in [0.1, 0.15) is 0 Å². The molecule has 0 saturated carbocycles. The highest BCUT2D eigenvalue weighted by molar-refractivity contribution is 7.25. The molecule has 0 aliphatic carbocycles. The fourth-order valence-electron chi connectivity index (χ4n) is 7.16. The molecule has 0 radical (unpaired) electrons. The maximum atomic E-state index is 5.26. The standard InChI is InChI=1S/C45H27N3S/c1-2-12-31-26-32(23-22-28(31)10-1)35-18-8-14-30-15-9-20-39(42(30)35)45-47-43(33-24-25-37-36-17-5-6-21-40(36)49-41(37)27-33)46-44(48-45)38-19-7-13-29-11-3-4-16-34(29)38/h1-27H. The van der Waals surface area contributed by atoms with E-state index < -0.39 is 0 Å². The first-order valence-electron chi connectivity index (χ1n) is 16.4. The average Bonchev–Trinajstić information content (AvgIpc) is 3.55. The quantitative estimate of drug-likeness (QED) is 0.192. The van der Waals surface area contributed by atoms with Gasteiger partial charge in [0, 0.05) is 42.2 Å². The van der Waals surface area contributed by atoms with Crippen molar-refractivity contribution >= 4 is 63.8 Å². The number of benzene rings is 8. The van der Waals surface area contributed by atoms with Gasteiger partial charge in [-0.25, -0.2) is 15.0 Å². The van der Waals surface area contributed by atoms with Gasteiger partial charge in [0.1, 0.15) is 0 Å². The zero-order valence-electron chi connectivity index (χ0n) is 26.3. The van der Waals surface area contributed by atoms with Gasteiger partial charge in [-0.05, 0) is 56.3 Å². The first kappa shape index (κ1) is 27.8. The van der Waals surface area contributed by atoms with Crippen LogP contribution < -0.4 is 0 Å². The molecule has 0 bridgehead atoms. The number of nitrogens with zero attached hydrogens (tertiary/aromatic N) is 3. The van der Waals surface area contributed by atoms with Gasteiger partial charge in [0.15, 0.2) is 17.5 Å². The highest BCUT2D eigenvalue weighted by Crippen LogP contribution is 2.39. The van der Waals surface area contributed by atoms with E-state index in [1.807, 2.05) is 0 Å². The Labute approximate surface area is 286 Å². The van der Waals surface area contributed by atoms with E-state index in [9.17, 15) is 0 Å². The number of thiophene rings is 1. The topological polar surface area (TPSA) is 38.7 Å². The Bertz CT molecular complexity index is 2890. The van der Waals surface area contributed by atoms with Gasteiger partial charge in [-0.15, -0.1) is 11.3 Å². The summed E-state index contributed by atoms with van der Waals surface area (Å²) in [5.74, 6) is 1.98. The Balaban J connectivity index is 1.24. The van der Waals surface area contributed by atoms with Gasteiger partial charge < -0.3 is 0 Å². The molecule has 8 aromatic carbocycles. The van der Waals surface area contributed by atoms with Crippen LogP contribution in [0, 0.1) is 0 Å². The Morgan fingerprint density at radius 3 is 1.78 bits per heavy atom. The number of aromatic nitrogens is 3. The van der Waals surface area contributed by atoms with E-state index >= 15 is 0 Å². The lowest BCUT2D eigenvalue weighted by atomic mass is 9.93. The Hall–Kier alpha value is -6.23. The van der Waals surface area contributed by atoms with Crippen LogP contribution in [-0.4, -0.2) is 15.0 Å². The molecule has 0 aliphatic rings. The molecule has 0 aliphatic heterocycles. The third kappa shape index (κ3) is 4.68. The molecular formula is C45H27N3S. The van der Waals surface area contributed by atoms with Gasteiger partial charge in [0.2, 0.25) is 0 Å². The minimum Gasteiger partial charge on any atom is -0.208 e. The van der Waals surface area contributed by atoms with Gasteiger partial charge in [-0.3, -0.25) is 0 Å². The fourth-order valence-corrected chi connectivity index (χ4v) is 8.30.